The Hall–Kier alpha value is -2.62. The lowest BCUT2D eigenvalue weighted by Crippen LogP contribution is -2.31. The van der Waals surface area contributed by atoms with Gasteiger partial charge in [0.2, 0.25) is 0 Å². The van der Waals surface area contributed by atoms with Gasteiger partial charge in [0.15, 0.2) is 12.4 Å². The summed E-state index contributed by atoms with van der Waals surface area (Å²) < 4.78 is 5.47. The Morgan fingerprint density at radius 3 is 2.50 bits per heavy atom. The number of hydrogen-bond acceptors (Lipinski definition) is 3. The predicted octanol–water partition coefficient (Wildman–Crippen LogP) is 3.76. The molecule has 2 aromatic rings. The fraction of sp³-hybridized carbons (Fsp3) is 0.300. The summed E-state index contributed by atoms with van der Waals surface area (Å²) in [6.45, 7) is 7.47. The van der Waals surface area contributed by atoms with Gasteiger partial charge in [-0.05, 0) is 56.5 Å². The fourth-order valence-corrected chi connectivity index (χ4v) is 2.35. The summed E-state index contributed by atoms with van der Waals surface area (Å²) in [5.41, 5.74) is 4.05. The van der Waals surface area contributed by atoms with E-state index >= 15 is 0 Å². The molecular weight excluding hydrogens is 302 g/mol. The van der Waals surface area contributed by atoms with Crippen LogP contribution >= 0.6 is 0 Å². The number of benzene rings is 2. The summed E-state index contributed by atoms with van der Waals surface area (Å²) >= 11 is 0. The number of amides is 1. The molecular formula is C20H23NO3. The van der Waals surface area contributed by atoms with Gasteiger partial charge in [-0.3, -0.25) is 9.59 Å². The first-order chi connectivity index (χ1) is 11.4. The molecule has 0 bridgehead atoms. The van der Waals surface area contributed by atoms with Gasteiger partial charge in [-0.2, -0.15) is 0 Å². The quantitative estimate of drug-likeness (QED) is 0.823. The third kappa shape index (κ3) is 4.69. The molecule has 0 fully saturated rings. The third-order valence-corrected chi connectivity index (χ3v) is 4.02. The van der Waals surface area contributed by atoms with Crippen molar-refractivity contribution >= 4 is 11.7 Å². The third-order valence-electron chi connectivity index (χ3n) is 4.02. The molecule has 0 aliphatic heterocycles. The van der Waals surface area contributed by atoms with Crippen LogP contribution < -0.4 is 10.1 Å². The first-order valence-electron chi connectivity index (χ1n) is 7.97. The summed E-state index contributed by atoms with van der Waals surface area (Å²) in [5, 5.41) is 2.92. The van der Waals surface area contributed by atoms with Crippen LogP contribution in [0.5, 0.6) is 5.75 Å². The molecule has 0 aliphatic rings. The van der Waals surface area contributed by atoms with Gasteiger partial charge < -0.3 is 10.1 Å². The van der Waals surface area contributed by atoms with E-state index < -0.39 is 0 Å². The average molecular weight is 325 g/mol. The zero-order valence-electron chi connectivity index (χ0n) is 14.6. The Morgan fingerprint density at radius 1 is 1.08 bits per heavy atom. The van der Waals surface area contributed by atoms with Gasteiger partial charge in [-0.25, -0.2) is 0 Å². The standard InChI is InChI=1S/C20H23NO3/c1-13-8-9-17(10-14(13)2)15(3)21-20(23)12-24-19-7-5-6-18(11-19)16(4)22/h5-11,15H,12H2,1-4H3,(H,21,23). The maximum Gasteiger partial charge on any atom is 0.258 e. The van der Waals surface area contributed by atoms with E-state index in [2.05, 4.69) is 31.3 Å². The van der Waals surface area contributed by atoms with Crippen molar-refractivity contribution in [3.05, 3.63) is 64.7 Å². The molecule has 1 N–H and O–H groups in total. The number of aryl methyl sites for hydroxylation is 2. The molecule has 24 heavy (non-hydrogen) atoms. The molecule has 1 unspecified atom stereocenters. The SMILES string of the molecule is CC(=O)c1cccc(OCC(=O)NC(C)c2ccc(C)c(C)c2)c1. The van der Waals surface area contributed by atoms with Crippen LogP contribution in [0.25, 0.3) is 0 Å². The molecule has 0 spiro atoms. The topological polar surface area (TPSA) is 55.4 Å². The second-order valence-electron chi connectivity index (χ2n) is 6.01. The van der Waals surface area contributed by atoms with E-state index in [-0.39, 0.29) is 24.3 Å². The highest BCUT2D eigenvalue weighted by atomic mass is 16.5. The second kappa shape index (κ2) is 7.77. The summed E-state index contributed by atoms with van der Waals surface area (Å²) in [4.78, 5) is 23.4. The van der Waals surface area contributed by atoms with Gasteiger partial charge in [-0.15, -0.1) is 0 Å². The largest absolute Gasteiger partial charge is 0.484 e. The molecule has 0 saturated heterocycles. The number of hydrogen-bond donors (Lipinski definition) is 1. The van der Waals surface area contributed by atoms with Gasteiger partial charge >= 0.3 is 0 Å². The van der Waals surface area contributed by atoms with E-state index in [1.807, 2.05) is 13.0 Å². The Morgan fingerprint density at radius 2 is 1.83 bits per heavy atom. The lowest BCUT2D eigenvalue weighted by Gasteiger charge is -2.16. The van der Waals surface area contributed by atoms with Crippen LogP contribution in [0.1, 0.15) is 46.9 Å². The van der Waals surface area contributed by atoms with Crippen molar-refractivity contribution in [2.45, 2.75) is 33.7 Å². The molecule has 0 heterocycles. The Bertz CT molecular complexity index is 752. The number of rotatable bonds is 6. The summed E-state index contributed by atoms with van der Waals surface area (Å²) in [6.07, 6.45) is 0. The summed E-state index contributed by atoms with van der Waals surface area (Å²) in [7, 11) is 0. The Labute approximate surface area is 142 Å². The van der Waals surface area contributed by atoms with Gasteiger partial charge in [0.25, 0.3) is 5.91 Å². The first-order valence-corrected chi connectivity index (χ1v) is 7.97. The lowest BCUT2D eigenvalue weighted by atomic mass is 10.0. The zero-order valence-corrected chi connectivity index (χ0v) is 14.6. The van der Waals surface area contributed by atoms with Crippen LogP contribution in [0.15, 0.2) is 42.5 Å². The summed E-state index contributed by atoms with van der Waals surface area (Å²) in [6, 6.07) is 12.9. The van der Waals surface area contributed by atoms with E-state index in [0.717, 1.165) is 5.56 Å². The highest BCUT2D eigenvalue weighted by Crippen LogP contribution is 2.17. The molecule has 1 amide bonds. The lowest BCUT2D eigenvalue weighted by molar-refractivity contribution is -0.123. The number of carbonyl (C=O) groups is 2. The van der Waals surface area contributed by atoms with Crippen LogP contribution in [0.4, 0.5) is 0 Å². The average Bonchev–Trinajstić information content (AvgIpc) is 2.55. The van der Waals surface area contributed by atoms with E-state index in [1.165, 1.54) is 18.1 Å². The van der Waals surface area contributed by atoms with Gasteiger partial charge in [0.1, 0.15) is 5.75 Å². The molecule has 4 heteroatoms. The van der Waals surface area contributed by atoms with Crippen LogP contribution in [0.2, 0.25) is 0 Å². The van der Waals surface area contributed by atoms with Crippen molar-refractivity contribution in [3.63, 3.8) is 0 Å². The number of nitrogens with one attached hydrogen (secondary N) is 1. The monoisotopic (exact) mass is 325 g/mol. The smallest absolute Gasteiger partial charge is 0.258 e. The molecule has 0 aromatic heterocycles. The summed E-state index contributed by atoms with van der Waals surface area (Å²) in [5.74, 6) is 0.277. The maximum absolute atomic E-state index is 12.1. The highest BCUT2D eigenvalue weighted by Gasteiger charge is 2.11. The molecule has 0 saturated carbocycles. The number of Topliss-reactive ketones (excluding diaryl/α,β-unsaturated/α-hetero) is 1. The fourth-order valence-electron chi connectivity index (χ4n) is 2.35. The molecule has 4 nitrogen and oxygen atoms in total. The predicted molar refractivity (Wildman–Crippen MR) is 94.4 cm³/mol. The van der Waals surface area contributed by atoms with Crippen LogP contribution in [0.3, 0.4) is 0 Å². The van der Waals surface area contributed by atoms with E-state index in [9.17, 15) is 9.59 Å². The molecule has 0 radical (unpaired) electrons. The van der Waals surface area contributed by atoms with Crippen molar-refractivity contribution in [3.8, 4) is 5.75 Å². The zero-order chi connectivity index (χ0) is 17.7. The van der Waals surface area contributed by atoms with Crippen LogP contribution in [-0.4, -0.2) is 18.3 Å². The number of carbonyl (C=O) groups excluding carboxylic acids is 2. The highest BCUT2D eigenvalue weighted by molar-refractivity contribution is 5.94. The van der Waals surface area contributed by atoms with E-state index in [4.69, 9.17) is 4.74 Å². The first kappa shape index (κ1) is 17.7. The van der Waals surface area contributed by atoms with E-state index in [0.29, 0.717) is 11.3 Å². The number of ether oxygens (including phenoxy) is 1. The van der Waals surface area contributed by atoms with Crippen molar-refractivity contribution in [1.29, 1.82) is 0 Å². The van der Waals surface area contributed by atoms with Gasteiger partial charge in [0, 0.05) is 5.56 Å². The number of ketones is 1. The van der Waals surface area contributed by atoms with Crippen LogP contribution in [0, 0.1) is 13.8 Å². The van der Waals surface area contributed by atoms with Crippen molar-refractivity contribution in [2.24, 2.45) is 0 Å². The normalized spacial score (nSPS) is 11.7. The molecule has 0 aliphatic carbocycles. The Balaban J connectivity index is 1.92. The molecule has 2 rings (SSSR count). The minimum Gasteiger partial charge on any atom is -0.484 e. The van der Waals surface area contributed by atoms with Crippen molar-refractivity contribution in [2.75, 3.05) is 6.61 Å². The van der Waals surface area contributed by atoms with Gasteiger partial charge in [0.05, 0.1) is 6.04 Å². The van der Waals surface area contributed by atoms with Crippen molar-refractivity contribution < 1.29 is 14.3 Å². The van der Waals surface area contributed by atoms with Crippen LogP contribution in [-0.2, 0) is 4.79 Å². The minimum atomic E-state index is -0.200. The van der Waals surface area contributed by atoms with Gasteiger partial charge in [-0.1, -0.05) is 30.3 Å². The Kier molecular flexibility index (Phi) is 5.74. The van der Waals surface area contributed by atoms with E-state index in [1.54, 1.807) is 24.3 Å². The second-order valence-corrected chi connectivity index (χ2v) is 6.01. The molecule has 2 aromatic carbocycles. The molecule has 1 atom stereocenters. The van der Waals surface area contributed by atoms with Crippen molar-refractivity contribution in [1.82, 2.24) is 5.32 Å². The molecule has 126 valence electrons. The maximum atomic E-state index is 12.1. The minimum absolute atomic E-state index is 0.0340.